The van der Waals surface area contributed by atoms with Crippen LogP contribution in [0.4, 0.5) is 5.13 Å². The molecule has 90 valence electrons. The number of rotatable bonds is 4. The Morgan fingerprint density at radius 1 is 1.56 bits per heavy atom. The van der Waals surface area contributed by atoms with Gasteiger partial charge in [-0.3, -0.25) is 0 Å². The summed E-state index contributed by atoms with van der Waals surface area (Å²) in [5.41, 5.74) is 0. The van der Waals surface area contributed by atoms with Crippen LogP contribution in [0.15, 0.2) is 5.38 Å². The molecule has 0 unspecified atom stereocenters. The summed E-state index contributed by atoms with van der Waals surface area (Å²) >= 11 is 7.50. The second-order valence-electron chi connectivity index (χ2n) is 4.18. The Hall–Kier alpha value is -0.320. The summed E-state index contributed by atoms with van der Waals surface area (Å²) < 4.78 is 0. The van der Waals surface area contributed by atoms with Crippen molar-refractivity contribution in [2.45, 2.75) is 19.8 Å². The van der Waals surface area contributed by atoms with Crippen LogP contribution < -0.4 is 10.2 Å². The van der Waals surface area contributed by atoms with E-state index in [0.717, 1.165) is 37.2 Å². The van der Waals surface area contributed by atoms with E-state index < -0.39 is 0 Å². The summed E-state index contributed by atoms with van der Waals surface area (Å²) in [6, 6.07) is 0. The lowest BCUT2D eigenvalue weighted by Gasteiger charge is -2.29. The summed E-state index contributed by atoms with van der Waals surface area (Å²) in [5.74, 6) is 0.795. The molecule has 0 radical (unpaired) electrons. The Labute approximate surface area is 106 Å². The van der Waals surface area contributed by atoms with Crippen molar-refractivity contribution in [1.29, 1.82) is 0 Å². The fourth-order valence-corrected chi connectivity index (χ4v) is 3.13. The first-order valence-corrected chi connectivity index (χ1v) is 7.12. The fraction of sp³-hybridized carbons (Fsp3) is 0.727. The molecule has 2 heterocycles. The summed E-state index contributed by atoms with van der Waals surface area (Å²) in [5, 5.41) is 6.98. The molecule has 16 heavy (non-hydrogen) atoms. The lowest BCUT2D eigenvalue weighted by Crippen LogP contribution is -2.36. The molecule has 1 aliphatic rings. The summed E-state index contributed by atoms with van der Waals surface area (Å²) in [7, 11) is 0. The zero-order chi connectivity index (χ0) is 11.4. The molecule has 1 aliphatic heterocycles. The van der Waals surface area contributed by atoms with Crippen LogP contribution in [-0.2, 0) is 0 Å². The Kier molecular flexibility index (Phi) is 4.44. The number of piperidine rings is 1. The lowest BCUT2D eigenvalue weighted by atomic mass is 9.98. The van der Waals surface area contributed by atoms with Gasteiger partial charge in [-0.15, -0.1) is 11.3 Å². The predicted molar refractivity (Wildman–Crippen MR) is 70.6 cm³/mol. The smallest absolute Gasteiger partial charge is 0.186 e. The molecule has 1 aromatic rings. The number of halogens is 1. The van der Waals surface area contributed by atoms with E-state index in [1.165, 1.54) is 12.8 Å². The Bertz CT molecular complexity index is 323. The minimum absolute atomic E-state index is 0.615. The molecule has 0 aliphatic carbocycles. The molecule has 3 nitrogen and oxygen atoms in total. The number of nitrogens with zero attached hydrogens (tertiary/aromatic N) is 2. The van der Waals surface area contributed by atoms with Crippen LogP contribution in [0.2, 0.25) is 5.15 Å². The minimum atomic E-state index is 0.615. The van der Waals surface area contributed by atoms with E-state index in [4.69, 9.17) is 11.6 Å². The van der Waals surface area contributed by atoms with Crippen LogP contribution >= 0.6 is 22.9 Å². The van der Waals surface area contributed by atoms with Crippen molar-refractivity contribution in [1.82, 2.24) is 10.3 Å². The lowest BCUT2D eigenvalue weighted by molar-refractivity contribution is 0.374. The molecule has 0 amide bonds. The van der Waals surface area contributed by atoms with Gasteiger partial charge in [0.15, 0.2) is 5.13 Å². The highest BCUT2D eigenvalue weighted by Gasteiger charge is 2.18. The maximum Gasteiger partial charge on any atom is 0.186 e. The van der Waals surface area contributed by atoms with Crippen molar-refractivity contribution in [3.05, 3.63) is 10.5 Å². The molecule has 5 heteroatoms. The monoisotopic (exact) mass is 259 g/mol. The maximum atomic E-state index is 5.87. The highest BCUT2D eigenvalue weighted by Crippen LogP contribution is 2.25. The third-order valence-electron chi connectivity index (χ3n) is 3.05. The molecule has 0 saturated carbocycles. The van der Waals surface area contributed by atoms with Crippen molar-refractivity contribution < 1.29 is 0 Å². The number of hydrogen-bond acceptors (Lipinski definition) is 4. The molecule has 0 bridgehead atoms. The predicted octanol–water partition coefficient (Wildman–Crippen LogP) is 2.62. The second-order valence-corrected chi connectivity index (χ2v) is 5.41. The first kappa shape index (κ1) is 12.1. The minimum Gasteiger partial charge on any atom is -0.348 e. The molecule has 1 saturated heterocycles. The molecule has 1 fully saturated rings. The van der Waals surface area contributed by atoms with Crippen LogP contribution in [0.3, 0.4) is 0 Å². The van der Waals surface area contributed by atoms with Gasteiger partial charge in [-0.1, -0.05) is 11.6 Å². The normalized spacial score (nSPS) is 17.6. The van der Waals surface area contributed by atoms with E-state index in [0.29, 0.717) is 5.15 Å². The van der Waals surface area contributed by atoms with E-state index in [2.05, 4.69) is 22.1 Å². The van der Waals surface area contributed by atoms with Crippen molar-refractivity contribution in [3.63, 3.8) is 0 Å². The van der Waals surface area contributed by atoms with E-state index in [9.17, 15) is 0 Å². The quantitative estimate of drug-likeness (QED) is 0.901. The molecule has 0 aromatic carbocycles. The Balaban J connectivity index is 1.94. The maximum absolute atomic E-state index is 5.87. The number of thiazole rings is 1. The number of aromatic nitrogens is 1. The van der Waals surface area contributed by atoms with Crippen LogP contribution in [0, 0.1) is 5.92 Å². The highest BCUT2D eigenvalue weighted by molar-refractivity contribution is 7.14. The van der Waals surface area contributed by atoms with Gasteiger partial charge in [0.2, 0.25) is 0 Å². The van der Waals surface area contributed by atoms with Gasteiger partial charge in [-0.2, -0.15) is 0 Å². The molecule has 0 atom stereocenters. The summed E-state index contributed by atoms with van der Waals surface area (Å²) in [4.78, 5) is 6.68. The molecule has 2 rings (SSSR count). The zero-order valence-electron chi connectivity index (χ0n) is 9.58. The molecular formula is C11H18ClN3S. The molecular weight excluding hydrogens is 242 g/mol. The van der Waals surface area contributed by atoms with E-state index >= 15 is 0 Å². The third kappa shape index (κ3) is 3.09. The average molecular weight is 260 g/mol. The highest BCUT2D eigenvalue weighted by atomic mass is 35.5. The van der Waals surface area contributed by atoms with Crippen molar-refractivity contribution >= 4 is 28.1 Å². The van der Waals surface area contributed by atoms with Crippen LogP contribution in [-0.4, -0.2) is 31.2 Å². The van der Waals surface area contributed by atoms with Gasteiger partial charge in [0.05, 0.1) is 0 Å². The van der Waals surface area contributed by atoms with E-state index in [1.807, 2.05) is 5.38 Å². The van der Waals surface area contributed by atoms with Gasteiger partial charge >= 0.3 is 0 Å². The number of anilines is 1. The Morgan fingerprint density at radius 3 is 2.88 bits per heavy atom. The van der Waals surface area contributed by atoms with E-state index in [1.54, 1.807) is 11.3 Å². The van der Waals surface area contributed by atoms with Gasteiger partial charge < -0.3 is 10.2 Å². The van der Waals surface area contributed by atoms with Crippen molar-refractivity contribution in [2.24, 2.45) is 5.92 Å². The largest absolute Gasteiger partial charge is 0.348 e. The van der Waals surface area contributed by atoms with Crippen LogP contribution in [0.25, 0.3) is 0 Å². The van der Waals surface area contributed by atoms with Crippen molar-refractivity contribution in [2.75, 3.05) is 31.1 Å². The first-order chi connectivity index (χ1) is 7.79. The van der Waals surface area contributed by atoms with Gasteiger partial charge in [0.25, 0.3) is 0 Å². The SMILES string of the molecule is CCN(CC1CCNCC1)c1nc(Cl)cs1. The topological polar surface area (TPSA) is 28.2 Å². The van der Waals surface area contributed by atoms with E-state index in [-0.39, 0.29) is 0 Å². The second kappa shape index (κ2) is 5.84. The molecule has 0 spiro atoms. The first-order valence-electron chi connectivity index (χ1n) is 5.86. The Morgan fingerprint density at radius 2 is 2.31 bits per heavy atom. The number of hydrogen-bond donors (Lipinski definition) is 1. The average Bonchev–Trinajstić information content (AvgIpc) is 2.74. The van der Waals surface area contributed by atoms with Gasteiger partial charge in [0.1, 0.15) is 5.15 Å². The van der Waals surface area contributed by atoms with Gasteiger partial charge in [0, 0.05) is 18.5 Å². The molecule has 1 N–H and O–H groups in total. The standard InChI is InChI=1S/C11H18ClN3S/c1-2-15(11-14-10(12)8-16-11)7-9-3-5-13-6-4-9/h8-9,13H,2-7H2,1H3. The number of nitrogens with one attached hydrogen (secondary N) is 1. The third-order valence-corrected chi connectivity index (χ3v) is 4.28. The van der Waals surface area contributed by atoms with Crippen LogP contribution in [0.5, 0.6) is 0 Å². The summed E-state index contributed by atoms with van der Waals surface area (Å²) in [6.45, 7) is 6.61. The van der Waals surface area contributed by atoms with Crippen molar-refractivity contribution in [3.8, 4) is 0 Å². The summed E-state index contributed by atoms with van der Waals surface area (Å²) in [6.07, 6.45) is 2.55. The van der Waals surface area contributed by atoms with Gasteiger partial charge in [-0.25, -0.2) is 4.98 Å². The fourth-order valence-electron chi connectivity index (χ4n) is 2.11. The van der Waals surface area contributed by atoms with Crippen LogP contribution in [0.1, 0.15) is 19.8 Å². The van der Waals surface area contributed by atoms with Gasteiger partial charge in [-0.05, 0) is 38.8 Å². The zero-order valence-corrected chi connectivity index (χ0v) is 11.2. The molecule has 1 aromatic heterocycles.